The van der Waals surface area contributed by atoms with Crippen molar-refractivity contribution < 1.29 is 34.0 Å². The fourth-order valence-electron chi connectivity index (χ4n) is 4.39. The third-order valence-corrected chi connectivity index (χ3v) is 7.09. The molecule has 2 heterocycles. The fourth-order valence-corrected chi connectivity index (χ4v) is 4.49. The molecule has 11 nitrogen and oxygen atoms in total. The first-order valence-corrected chi connectivity index (χ1v) is 13.7. The van der Waals surface area contributed by atoms with E-state index in [1.165, 1.54) is 12.1 Å². The molecule has 5 N–H and O–H groups in total. The van der Waals surface area contributed by atoms with Crippen LogP contribution in [0.4, 0.5) is 10.3 Å². The van der Waals surface area contributed by atoms with Gasteiger partial charge in [-0.1, -0.05) is 17.7 Å². The van der Waals surface area contributed by atoms with Crippen LogP contribution in [0.1, 0.15) is 37.7 Å². The molecule has 220 valence electrons. The quantitative estimate of drug-likeness (QED) is 0.195. The molecule has 0 radical (unpaired) electrons. The molecule has 0 saturated carbocycles. The molecule has 0 bridgehead atoms. The Kier molecular flexibility index (Phi) is 12.3. The Morgan fingerprint density at radius 2 is 1.77 bits per heavy atom. The lowest BCUT2D eigenvalue weighted by molar-refractivity contribution is -0.125. The maximum atomic E-state index is 14.5. The van der Waals surface area contributed by atoms with Gasteiger partial charge < -0.3 is 35.6 Å². The zero-order valence-electron chi connectivity index (χ0n) is 22.3. The van der Waals surface area contributed by atoms with E-state index in [1.807, 2.05) is 0 Å². The second kappa shape index (κ2) is 15.7. The Morgan fingerprint density at radius 1 is 1.10 bits per heavy atom. The summed E-state index contributed by atoms with van der Waals surface area (Å²) in [5.74, 6) is 0.0887. The number of nitrogens with zero attached hydrogens (tertiary/aromatic N) is 3. The Bertz CT molecular complexity index is 1090. The van der Waals surface area contributed by atoms with E-state index >= 15 is 0 Å². The maximum Gasteiger partial charge on any atom is 0.225 e. The molecule has 13 heteroatoms. The summed E-state index contributed by atoms with van der Waals surface area (Å²) in [4.78, 5) is 34.9. The van der Waals surface area contributed by atoms with Crippen molar-refractivity contribution in [1.82, 2.24) is 20.6 Å². The Hall–Kier alpha value is -3.06. The Balaban J connectivity index is 1.32. The van der Waals surface area contributed by atoms with Crippen LogP contribution >= 0.6 is 11.6 Å². The monoisotopic (exact) mass is 581 g/mol. The molecule has 1 aliphatic rings. The Labute approximate surface area is 237 Å². The van der Waals surface area contributed by atoms with Gasteiger partial charge >= 0.3 is 0 Å². The third kappa shape index (κ3) is 9.54. The number of aliphatic hydroxyl groups excluding tert-OH is 3. The molecule has 40 heavy (non-hydrogen) atoms. The van der Waals surface area contributed by atoms with Gasteiger partial charge in [-0.2, -0.15) is 0 Å². The molecule has 0 aliphatic carbocycles. The van der Waals surface area contributed by atoms with Gasteiger partial charge in [-0.25, -0.2) is 14.4 Å². The number of anilines is 1. The number of aliphatic hydroxyl groups is 3. The van der Waals surface area contributed by atoms with Crippen molar-refractivity contribution in [2.45, 2.75) is 44.1 Å². The summed E-state index contributed by atoms with van der Waals surface area (Å²) in [6.07, 6.45) is 6.79. The molecule has 1 fully saturated rings. The third-order valence-electron chi connectivity index (χ3n) is 6.89. The molecule has 1 saturated heterocycles. The number of carbonyl (C=O) groups excluding carboxylic acids is 2. The van der Waals surface area contributed by atoms with Crippen LogP contribution in [0, 0.1) is 11.7 Å². The second-order valence-electron chi connectivity index (χ2n) is 9.96. The van der Waals surface area contributed by atoms with E-state index in [1.54, 1.807) is 18.5 Å². The zero-order chi connectivity index (χ0) is 29.0. The maximum absolute atomic E-state index is 14.5. The first kappa shape index (κ1) is 31.5. The van der Waals surface area contributed by atoms with E-state index in [0.717, 1.165) is 38.8 Å². The van der Waals surface area contributed by atoms with Gasteiger partial charge in [-0.15, -0.1) is 0 Å². The molecule has 2 aromatic rings. The topological polar surface area (TPSA) is 157 Å². The lowest BCUT2D eigenvalue weighted by atomic mass is 9.92. The molecule has 1 aliphatic heterocycles. The molecule has 1 aromatic heterocycles. The number of nitrogens with one attached hydrogen (secondary N) is 2. The van der Waals surface area contributed by atoms with Crippen molar-refractivity contribution >= 4 is 29.4 Å². The standard InChI is InChI=1S/C27H37ClFN5O6/c28-21-14-31-26(32-15-21)34-9-6-19(7-10-34)2-1-11-40-22-4-3-20(23(29)13-22)12-25(39)30-8-5-24(38)33-27(16-35,17-36)18-37/h3-4,13-15,19,35-37H,1-2,5-12,16-18H2,(H,30,39)(H,33,38). The highest BCUT2D eigenvalue weighted by Gasteiger charge is 2.29. The van der Waals surface area contributed by atoms with Gasteiger partial charge in [0.2, 0.25) is 17.8 Å². The van der Waals surface area contributed by atoms with Crippen molar-refractivity contribution in [3.05, 3.63) is 47.0 Å². The fraction of sp³-hybridized carbons (Fsp3) is 0.556. The predicted octanol–water partition coefficient (Wildman–Crippen LogP) is 1.23. The Morgan fingerprint density at radius 3 is 2.40 bits per heavy atom. The van der Waals surface area contributed by atoms with Gasteiger partial charge in [0, 0.05) is 32.1 Å². The summed E-state index contributed by atoms with van der Waals surface area (Å²) in [5.41, 5.74) is -1.33. The van der Waals surface area contributed by atoms with Gasteiger partial charge in [0.25, 0.3) is 0 Å². The predicted molar refractivity (Wildman–Crippen MR) is 147 cm³/mol. The first-order valence-electron chi connectivity index (χ1n) is 13.3. The minimum Gasteiger partial charge on any atom is -0.493 e. The molecule has 0 unspecified atom stereocenters. The summed E-state index contributed by atoms with van der Waals surface area (Å²) >= 11 is 5.86. The van der Waals surface area contributed by atoms with E-state index in [0.29, 0.717) is 29.2 Å². The number of amides is 2. The highest BCUT2D eigenvalue weighted by Crippen LogP contribution is 2.25. The van der Waals surface area contributed by atoms with Crippen LogP contribution in [0.3, 0.4) is 0 Å². The average molecular weight is 582 g/mol. The highest BCUT2D eigenvalue weighted by atomic mass is 35.5. The van der Waals surface area contributed by atoms with Crippen LogP contribution in [-0.2, 0) is 16.0 Å². The molecule has 3 rings (SSSR count). The van der Waals surface area contributed by atoms with Crippen molar-refractivity contribution in [2.24, 2.45) is 5.92 Å². The lowest BCUT2D eigenvalue weighted by Crippen LogP contribution is -2.57. The van der Waals surface area contributed by atoms with E-state index in [-0.39, 0.29) is 24.9 Å². The van der Waals surface area contributed by atoms with E-state index < -0.39 is 43.0 Å². The van der Waals surface area contributed by atoms with Crippen LogP contribution in [0.15, 0.2) is 30.6 Å². The van der Waals surface area contributed by atoms with Crippen molar-refractivity contribution in [1.29, 1.82) is 0 Å². The van der Waals surface area contributed by atoms with E-state index in [9.17, 15) is 29.3 Å². The molecule has 1 aromatic carbocycles. The normalized spacial score (nSPS) is 14.2. The highest BCUT2D eigenvalue weighted by molar-refractivity contribution is 6.30. The van der Waals surface area contributed by atoms with Gasteiger partial charge in [0.15, 0.2) is 0 Å². The molecule has 2 amide bonds. The lowest BCUT2D eigenvalue weighted by Gasteiger charge is -2.31. The van der Waals surface area contributed by atoms with Crippen LogP contribution in [0.2, 0.25) is 5.02 Å². The van der Waals surface area contributed by atoms with Gasteiger partial charge in [0.05, 0.1) is 50.3 Å². The van der Waals surface area contributed by atoms with Crippen molar-refractivity contribution in [3.8, 4) is 5.75 Å². The second-order valence-corrected chi connectivity index (χ2v) is 10.4. The zero-order valence-corrected chi connectivity index (χ0v) is 23.1. The van der Waals surface area contributed by atoms with Gasteiger partial charge in [-0.05, 0) is 43.2 Å². The number of hydrogen-bond donors (Lipinski definition) is 5. The average Bonchev–Trinajstić information content (AvgIpc) is 2.96. The summed E-state index contributed by atoms with van der Waals surface area (Å²) in [6, 6.07) is 4.39. The van der Waals surface area contributed by atoms with Crippen molar-refractivity contribution in [3.63, 3.8) is 0 Å². The van der Waals surface area contributed by atoms with E-state index in [2.05, 4.69) is 25.5 Å². The van der Waals surface area contributed by atoms with E-state index in [4.69, 9.17) is 16.3 Å². The SMILES string of the molecule is O=C(Cc1ccc(OCCCC2CCN(c3ncc(Cl)cn3)CC2)cc1F)NCCC(=O)NC(CO)(CO)CO. The minimum atomic E-state index is -1.53. The number of ether oxygens (including phenoxy) is 1. The summed E-state index contributed by atoms with van der Waals surface area (Å²) < 4.78 is 20.3. The minimum absolute atomic E-state index is 0.0280. The number of hydrogen-bond acceptors (Lipinski definition) is 9. The molecular formula is C27H37ClFN5O6. The number of benzene rings is 1. The summed E-state index contributed by atoms with van der Waals surface area (Å²) in [7, 11) is 0. The molecular weight excluding hydrogens is 545 g/mol. The van der Waals surface area contributed by atoms with Crippen LogP contribution in [0.25, 0.3) is 0 Å². The number of aromatic nitrogens is 2. The van der Waals surface area contributed by atoms with Gasteiger partial charge in [0.1, 0.15) is 17.1 Å². The van der Waals surface area contributed by atoms with Crippen LogP contribution in [0.5, 0.6) is 5.75 Å². The number of halogens is 2. The van der Waals surface area contributed by atoms with Gasteiger partial charge in [-0.3, -0.25) is 9.59 Å². The summed E-state index contributed by atoms with van der Waals surface area (Å²) in [6.45, 7) is 0.290. The molecule has 0 spiro atoms. The van der Waals surface area contributed by atoms with Crippen molar-refractivity contribution in [2.75, 3.05) is 51.0 Å². The largest absolute Gasteiger partial charge is 0.493 e. The summed E-state index contributed by atoms with van der Waals surface area (Å²) in [5, 5.41) is 33.2. The number of piperidine rings is 1. The van der Waals surface area contributed by atoms with Crippen LogP contribution in [-0.4, -0.2) is 88.7 Å². The van der Waals surface area contributed by atoms with Crippen LogP contribution < -0.4 is 20.3 Å². The smallest absolute Gasteiger partial charge is 0.225 e. The molecule has 0 atom stereocenters. The number of carbonyl (C=O) groups is 2. The number of rotatable bonds is 15. The first-order chi connectivity index (χ1) is 19.3.